The lowest BCUT2D eigenvalue weighted by molar-refractivity contribution is -0.132. The summed E-state index contributed by atoms with van der Waals surface area (Å²) in [5, 5.41) is 0. The molecule has 2 aliphatic heterocycles. The number of benzene rings is 2. The van der Waals surface area contributed by atoms with Gasteiger partial charge in [0.25, 0.3) is 0 Å². The summed E-state index contributed by atoms with van der Waals surface area (Å²) in [4.78, 5) is 19.2. The molecule has 0 aliphatic carbocycles. The highest BCUT2D eigenvalue weighted by atomic mass is 19.1. The molecule has 5 rings (SSSR count). The van der Waals surface area contributed by atoms with Gasteiger partial charge in [-0.25, -0.2) is 9.37 Å². The zero-order chi connectivity index (χ0) is 21.9. The fourth-order valence-corrected chi connectivity index (χ4v) is 4.37. The molecule has 2 aromatic carbocycles. The number of hydrogen-bond donors (Lipinski definition) is 0. The first kappa shape index (κ1) is 20.5. The average Bonchev–Trinajstić information content (AvgIpc) is 3.43. The van der Waals surface area contributed by atoms with Crippen molar-refractivity contribution in [3.63, 3.8) is 0 Å². The second kappa shape index (κ2) is 9.02. The molecule has 7 heteroatoms. The van der Waals surface area contributed by atoms with E-state index in [1.807, 2.05) is 23.1 Å². The van der Waals surface area contributed by atoms with Gasteiger partial charge in [-0.3, -0.25) is 4.79 Å². The minimum atomic E-state index is -0.360. The second-order valence-corrected chi connectivity index (χ2v) is 8.10. The zero-order valence-electron chi connectivity index (χ0n) is 17.8. The number of oxazole rings is 1. The van der Waals surface area contributed by atoms with Crippen LogP contribution in [-0.4, -0.2) is 35.5 Å². The fourth-order valence-electron chi connectivity index (χ4n) is 4.37. The number of ether oxygens (including phenoxy) is 2. The van der Waals surface area contributed by atoms with Gasteiger partial charge in [0, 0.05) is 25.8 Å². The Morgan fingerprint density at radius 3 is 2.81 bits per heavy atom. The summed E-state index contributed by atoms with van der Waals surface area (Å²) in [6.07, 6.45) is 4.91. The fraction of sp³-hybridized carbons (Fsp3) is 0.360. The van der Waals surface area contributed by atoms with E-state index in [1.165, 1.54) is 12.3 Å². The summed E-state index contributed by atoms with van der Waals surface area (Å²) >= 11 is 0. The highest BCUT2D eigenvalue weighted by Crippen LogP contribution is 2.38. The van der Waals surface area contributed by atoms with Crippen molar-refractivity contribution in [3.05, 3.63) is 65.9 Å². The molecule has 0 N–H and O–H groups in total. The third-order valence-electron chi connectivity index (χ3n) is 5.98. The van der Waals surface area contributed by atoms with Gasteiger partial charge in [-0.1, -0.05) is 18.2 Å². The summed E-state index contributed by atoms with van der Waals surface area (Å²) in [5.41, 5.74) is 1.43. The number of rotatable bonds is 5. The van der Waals surface area contributed by atoms with E-state index in [0.717, 1.165) is 42.9 Å². The molecule has 3 heterocycles. The first-order chi connectivity index (χ1) is 15.7. The molecule has 0 unspecified atom stereocenters. The van der Waals surface area contributed by atoms with E-state index >= 15 is 0 Å². The first-order valence-corrected chi connectivity index (χ1v) is 11.1. The number of fused-ring (bicyclic) bond motifs is 1. The van der Waals surface area contributed by atoms with Crippen LogP contribution in [0.2, 0.25) is 0 Å². The van der Waals surface area contributed by atoms with Gasteiger partial charge in [-0.15, -0.1) is 0 Å². The molecule has 1 fully saturated rings. The highest BCUT2D eigenvalue weighted by Gasteiger charge is 2.30. The molecule has 32 heavy (non-hydrogen) atoms. The smallest absolute Gasteiger partial charge is 0.223 e. The van der Waals surface area contributed by atoms with E-state index in [4.69, 9.17) is 13.9 Å². The van der Waals surface area contributed by atoms with Crippen LogP contribution >= 0.6 is 0 Å². The molecule has 1 atom stereocenters. The number of carbonyl (C=O) groups excluding carboxylic acids is 1. The molecule has 1 amide bonds. The van der Waals surface area contributed by atoms with Gasteiger partial charge in [-0.05, 0) is 42.7 Å². The highest BCUT2D eigenvalue weighted by molar-refractivity contribution is 5.77. The topological polar surface area (TPSA) is 64.8 Å². The molecular formula is C25H25FN2O4. The van der Waals surface area contributed by atoms with Gasteiger partial charge in [0.05, 0.1) is 31.0 Å². The Balaban J connectivity index is 1.25. The molecule has 166 valence electrons. The summed E-state index contributed by atoms with van der Waals surface area (Å²) in [6, 6.07) is 12.4. The van der Waals surface area contributed by atoms with E-state index in [-0.39, 0.29) is 24.2 Å². The standard InChI is InChI=1S/C25H25FN2O4/c26-19-6-2-1-5-18(19)23-16-27-24(32-23)10-11-25(29)28-12-3-7-20(28)17-8-9-21-22(15-17)31-14-4-13-30-21/h1-2,5-6,8-9,15-16,20H,3-4,7,10-14H2/t20-/m0/s1. The van der Waals surface area contributed by atoms with Crippen molar-refractivity contribution in [1.29, 1.82) is 0 Å². The Bertz CT molecular complexity index is 1110. The van der Waals surface area contributed by atoms with Crippen molar-refractivity contribution in [1.82, 2.24) is 9.88 Å². The minimum absolute atomic E-state index is 0.0261. The van der Waals surface area contributed by atoms with Crippen LogP contribution < -0.4 is 9.47 Å². The summed E-state index contributed by atoms with van der Waals surface area (Å²) in [5.74, 6) is 2.02. The van der Waals surface area contributed by atoms with Gasteiger partial charge in [0.15, 0.2) is 23.1 Å². The molecule has 0 bridgehead atoms. The van der Waals surface area contributed by atoms with Gasteiger partial charge in [0.2, 0.25) is 5.91 Å². The number of nitrogens with zero attached hydrogens (tertiary/aromatic N) is 2. The maximum Gasteiger partial charge on any atom is 0.223 e. The van der Waals surface area contributed by atoms with Crippen molar-refractivity contribution in [2.24, 2.45) is 0 Å². The lowest BCUT2D eigenvalue weighted by Gasteiger charge is -2.25. The van der Waals surface area contributed by atoms with Crippen LogP contribution in [0, 0.1) is 5.82 Å². The number of hydrogen-bond acceptors (Lipinski definition) is 5. The van der Waals surface area contributed by atoms with Crippen molar-refractivity contribution in [2.45, 2.75) is 38.1 Å². The number of amides is 1. The van der Waals surface area contributed by atoms with Crippen LogP contribution in [0.4, 0.5) is 4.39 Å². The quantitative estimate of drug-likeness (QED) is 0.567. The number of carbonyl (C=O) groups is 1. The third kappa shape index (κ3) is 4.20. The number of aryl methyl sites for hydroxylation is 1. The molecule has 0 radical (unpaired) electrons. The van der Waals surface area contributed by atoms with Crippen molar-refractivity contribution < 1.29 is 23.1 Å². The Morgan fingerprint density at radius 1 is 1.09 bits per heavy atom. The molecule has 0 spiro atoms. The molecule has 6 nitrogen and oxygen atoms in total. The van der Waals surface area contributed by atoms with Crippen LogP contribution in [0.1, 0.15) is 43.2 Å². The van der Waals surface area contributed by atoms with Crippen LogP contribution in [-0.2, 0) is 11.2 Å². The van der Waals surface area contributed by atoms with Gasteiger partial charge >= 0.3 is 0 Å². The monoisotopic (exact) mass is 436 g/mol. The maximum absolute atomic E-state index is 14.0. The van der Waals surface area contributed by atoms with Crippen LogP contribution in [0.15, 0.2) is 53.1 Å². The molecular weight excluding hydrogens is 411 g/mol. The van der Waals surface area contributed by atoms with Crippen molar-refractivity contribution in [2.75, 3.05) is 19.8 Å². The van der Waals surface area contributed by atoms with Crippen LogP contribution in [0.3, 0.4) is 0 Å². The van der Waals surface area contributed by atoms with Gasteiger partial charge in [0.1, 0.15) is 5.82 Å². The van der Waals surface area contributed by atoms with Gasteiger partial charge in [-0.2, -0.15) is 0 Å². The molecule has 0 saturated carbocycles. The van der Waals surface area contributed by atoms with E-state index in [2.05, 4.69) is 4.98 Å². The summed E-state index contributed by atoms with van der Waals surface area (Å²) in [6.45, 7) is 2.01. The lowest BCUT2D eigenvalue weighted by Crippen LogP contribution is -2.30. The SMILES string of the molecule is O=C(CCc1ncc(-c2ccccc2F)o1)N1CCC[C@H]1c1ccc2c(c1)OCCCO2. The lowest BCUT2D eigenvalue weighted by atomic mass is 10.0. The summed E-state index contributed by atoms with van der Waals surface area (Å²) < 4.78 is 31.2. The molecule has 1 saturated heterocycles. The van der Waals surface area contributed by atoms with Gasteiger partial charge < -0.3 is 18.8 Å². The number of aromatic nitrogens is 1. The van der Waals surface area contributed by atoms with E-state index in [1.54, 1.807) is 18.2 Å². The first-order valence-electron chi connectivity index (χ1n) is 11.1. The van der Waals surface area contributed by atoms with Crippen LogP contribution in [0.25, 0.3) is 11.3 Å². The minimum Gasteiger partial charge on any atom is -0.490 e. The molecule has 1 aromatic heterocycles. The second-order valence-electron chi connectivity index (χ2n) is 8.10. The zero-order valence-corrected chi connectivity index (χ0v) is 17.8. The van der Waals surface area contributed by atoms with Crippen molar-refractivity contribution >= 4 is 5.91 Å². The van der Waals surface area contributed by atoms with E-state index in [0.29, 0.717) is 36.8 Å². The Hall–Kier alpha value is -3.35. The third-order valence-corrected chi connectivity index (χ3v) is 5.98. The normalized spacial score (nSPS) is 17.9. The van der Waals surface area contributed by atoms with Crippen LogP contribution in [0.5, 0.6) is 11.5 Å². The molecule has 2 aliphatic rings. The van der Waals surface area contributed by atoms with E-state index in [9.17, 15) is 9.18 Å². The number of halogens is 1. The summed E-state index contributed by atoms with van der Waals surface area (Å²) in [7, 11) is 0. The predicted molar refractivity (Wildman–Crippen MR) is 116 cm³/mol. The maximum atomic E-state index is 14.0. The Morgan fingerprint density at radius 2 is 1.94 bits per heavy atom. The van der Waals surface area contributed by atoms with E-state index < -0.39 is 0 Å². The average molecular weight is 436 g/mol. The predicted octanol–water partition coefficient (Wildman–Crippen LogP) is 4.94. The Kier molecular flexibility index (Phi) is 5.79. The van der Waals surface area contributed by atoms with Crippen molar-refractivity contribution in [3.8, 4) is 22.8 Å². The number of likely N-dealkylation sites (tertiary alicyclic amines) is 1. The largest absolute Gasteiger partial charge is 0.490 e. The Labute approximate surface area is 186 Å². The molecule has 3 aromatic rings.